The molecule has 1 heterocycles. The van der Waals surface area contributed by atoms with Crippen LogP contribution in [0.3, 0.4) is 0 Å². The smallest absolute Gasteiger partial charge is 0.00129 e. The fourth-order valence-corrected chi connectivity index (χ4v) is 2.64. The van der Waals surface area contributed by atoms with Gasteiger partial charge in [0.1, 0.15) is 0 Å². The maximum atomic E-state index is 3.53. The van der Waals surface area contributed by atoms with E-state index in [9.17, 15) is 0 Å². The van der Waals surface area contributed by atoms with E-state index in [1.165, 1.54) is 32.4 Å². The van der Waals surface area contributed by atoms with Gasteiger partial charge in [-0.15, -0.1) is 0 Å². The highest BCUT2D eigenvalue weighted by atomic mass is 14.9. The standard InChI is InChI=1S/C12H25N/c1-5-6-10-7-8-13-9-11(10)12(2,3)4/h10-11,13H,5-9H2,1-4H3/t10-,11-/m1/s1. The first-order valence-electron chi connectivity index (χ1n) is 5.76. The van der Waals surface area contributed by atoms with Crippen LogP contribution in [0.5, 0.6) is 0 Å². The molecule has 0 aliphatic carbocycles. The van der Waals surface area contributed by atoms with Gasteiger partial charge in [0.25, 0.3) is 0 Å². The molecule has 1 aliphatic heterocycles. The number of rotatable bonds is 2. The molecular formula is C12H25N. The number of hydrogen-bond acceptors (Lipinski definition) is 1. The Bertz CT molecular complexity index is 144. The Morgan fingerprint density at radius 2 is 2.00 bits per heavy atom. The molecule has 0 spiro atoms. The lowest BCUT2D eigenvalue weighted by molar-refractivity contribution is 0.114. The predicted molar refractivity (Wildman–Crippen MR) is 58.8 cm³/mol. The zero-order chi connectivity index (χ0) is 9.90. The molecule has 1 nitrogen and oxygen atoms in total. The molecule has 13 heavy (non-hydrogen) atoms. The summed E-state index contributed by atoms with van der Waals surface area (Å²) in [6.45, 7) is 11.9. The van der Waals surface area contributed by atoms with Gasteiger partial charge in [0.2, 0.25) is 0 Å². The van der Waals surface area contributed by atoms with Crippen molar-refractivity contribution >= 4 is 0 Å². The van der Waals surface area contributed by atoms with Gasteiger partial charge < -0.3 is 5.32 Å². The largest absolute Gasteiger partial charge is 0.316 e. The van der Waals surface area contributed by atoms with Crippen LogP contribution in [0.2, 0.25) is 0 Å². The summed E-state index contributed by atoms with van der Waals surface area (Å²) in [5, 5.41) is 3.53. The van der Waals surface area contributed by atoms with Gasteiger partial charge in [0, 0.05) is 0 Å². The fourth-order valence-electron chi connectivity index (χ4n) is 2.64. The molecule has 0 aromatic rings. The fraction of sp³-hybridized carbons (Fsp3) is 1.00. The van der Waals surface area contributed by atoms with Crippen LogP contribution in [-0.4, -0.2) is 13.1 Å². The molecule has 0 unspecified atom stereocenters. The van der Waals surface area contributed by atoms with Gasteiger partial charge in [-0.25, -0.2) is 0 Å². The molecule has 1 fully saturated rings. The zero-order valence-corrected chi connectivity index (χ0v) is 9.69. The minimum Gasteiger partial charge on any atom is -0.316 e. The first-order valence-corrected chi connectivity index (χ1v) is 5.76. The summed E-state index contributed by atoms with van der Waals surface area (Å²) in [7, 11) is 0. The first-order chi connectivity index (χ1) is 6.05. The molecule has 0 aromatic carbocycles. The lowest BCUT2D eigenvalue weighted by Crippen LogP contribution is -2.43. The molecule has 1 heteroatoms. The van der Waals surface area contributed by atoms with Crippen LogP contribution in [0.25, 0.3) is 0 Å². The Balaban J connectivity index is 2.56. The summed E-state index contributed by atoms with van der Waals surface area (Å²) in [5.74, 6) is 1.84. The molecule has 78 valence electrons. The van der Waals surface area contributed by atoms with Crippen molar-refractivity contribution in [2.75, 3.05) is 13.1 Å². The van der Waals surface area contributed by atoms with Crippen molar-refractivity contribution in [3.8, 4) is 0 Å². The van der Waals surface area contributed by atoms with Gasteiger partial charge in [0.15, 0.2) is 0 Å². The van der Waals surface area contributed by atoms with Crippen LogP contribution in [0, 0.1) is 17.3 Å². The van der Waals surface area contributed by atoms with Crippen molar-refractivity contribution in [1.29, 1.82) is 0 Å². The second-order valence-corrected chi connectivity index (χ2v) is 5.51. The van der Waals surface area contributed by atoms with Crippen molar-refractivity contribution < 1.29 is 0 Å². The minimum absolute atomic E-state index is 0.479. The summed E-state index contributed by atoms with van der Waals surface area (Å²) < 4.78 is 0. The van der Waals surface area contributed by atoms with E-state index in [1.54, 1.807) is 0 Å². The third-order valence-electron chi connectivity index (χ3n) is 3.40. The van der Waals surface area contributed by atoms with E-state index in [4.69, 9.17) is 0 Å². The number of nitrogens with one attached hydrogen (secondary N) is 1. The highest BCUT2D eigenvalue weighted by Crippen LogP contribution is 2.37. The lowest BCUT2D eigenvalue weighted by atomic mass is 9.69. The van der Waals surface area contributed by atoms with Crippen molar-refractivity contribution in [3.05, 3.63) is 0 Å². The predicted octanol–water partition coefficient (Wildman–Crippen LogP) is 3.06. The Morgan fingerprint density at radius 3 is 2.54 bits per heavy atom. The third kappa shape index (κ3) is 2.98. The normalized spacial score (nSPS) is 30.5. The summed E-state index contributed by atoms with van der Waals surface area (Å²) in [4.78, 5) is 0. The summed E-state index contributed by atoms with van der Waals surface area (Å²) >= 11 is 0. The Kier molecular flexibility index (Phi) is 3.78. The molecule has 0 amide bonds. The summed E-state index contributed by atoms with van der Waals surface area (Å²) in [6, 6.07) is 0. The van der Waals surface area contributed by atoms with Crippen molar-refractivity contribution in [2.24, 2.45) is 17.3 Å². The third-order valence-corrected chi connectivity index (χ3v) is 3.40. The minimum atomic E-state index is 0.479. The Labute approximate surface area is 83.3 Å². The maximum Gasteiger partial charge on any atom is -0.00129 e. The highest BCUT2D eigenvalue weighted by molar-refractivity contribution is 4.85. The van der Waals surface area contributed by atoms with E-state index in [0.717, 1.165) is 11.8 Å². The maximum absolute atomic E-state index is 3.53. The molecule has 1 aliphatic rings. The molecule has 0 radical (unpaired) electrons. The zero-order valence-electron chi connectivity index (χ0n) is 9.69. The molecule has 1 rings (SSSR count). The number of piperidine rings is 1. The summed E-state index contributed by atoms with van der Waals surface area (Å²) in [6.07, 6.45) is 4.15. The second-order valence-electron chi connectivity index (χ2n) is 5.51. The van der Waals surface area contributed by atoms with Crippen molar-refractivity contribution in [3.63, 3.8) is 0 Å². The number of hydrogen-bond donors (Lipinski definition) is 1. The molecule has 1 N–H and O–H groups in total. The van der Waals surface area contributed by atoms with Crippen LogP contribution in [0.1, 0.15) is 47.0 Å². The van der Waals surface area contributed by atoms with Gasteiger partial charge in [-0.2, -0.15) is 0 Å². The van der Waals surface area contributed by atoms with Crippen LogP contribution in [0.4, 0.5) is 0 Å². The van der Waals surface area contributed by atoms with Crippen LogP contribution in [-0.2, 0) is 0 Å². The SMILES string of the molecule is CCC[C@@H]1CCNC[C@H]1C(C)(C)C. The Hall–Kier alpha value is -0.0400. The highest BCUT2D eigenvalue weighted by Gasteiger charge is 2.33. The molecule has 2 atom stereocenters. The molecular weight excluding hydrogens is 158 g/mol. The van der Waals surface area contributed by atoms with E-state index < -0.39 is 0 Å². The van der Waals surface area contributed by atoms with Gasteiger partial charge in [-0.3, -0.25) is 0 Å². The van der Waals surface area contributed by atoms with Gasteiger partial charge in [-0.05, 0) is 36.8 Å². The van der Waals surface area contributed by atoms with Crippen molar-refractivity contribution in [1.82, 2.24) is 5.32 Å². The van der Waals surface area contributed by atoms with Crippen LogP contribution in [0.15, 0.2) is 0 Å². The van der Waals surface area contributed by atoms with E-state index in [0.29, 0.717) is 5.41 Å². The second kappa shape index (κ2) is 4.45. The first kappa shape index (κ1) is 11.0. The molecule has 1 saturated heterocycles. The van der Waals surface area contributed by atoms with Gasteiger partial charge in [0.05, 0.1) is 0 Å². The van der Waals surface area contributed by atoms with E-state index in [2.05, 4.69) is 33.0 Å². The van der Waals surface area contributed by atoms with E-state index >= 15 is 0 Å². The average Bonchev–Trinajstić information content (AvgIpc) is 2.04. The quantitative estimate of drug-likeness (QED) is 0.694. The van der Waals surface area contributed by atoms with E-state index in [1.807, 2.05) is 0 Å². The lowest BCUT2D eigenvalue weighted by Gasteiger charge is -2.40. The Morgan fingerprint density at radius 1 is 1.31 bits per heavy atom. The average molecular weight is 183 g/mol. The monoisotopic (exact) mass is 183 g/mol. The molecule has 0 bridgehead atoms. The van der Waals surface area contributed by atoms with Crippen LogP contribution < -0.4 is 5.32 Å². The van der Waals surface area contributed by atoms with Gasteiger partial charge in [-0.1, -0.05) is 40.5 Å². The van der Waals surface area contributed by atoms with Crippen molar-refractivity contribution in [2.45, 2.75) is 47.0 Å². The topological polar surface area (TPSA) is 12.0 Å². The molecule has 0 aromatic heterocycles. The van der Waals surface area contributed by atoms with E-state index in [-0.39, 0.29) is 0 Å². The van der Waals surface area contributed by atoms with Crippen LogP contribution >= 0.6 is 0 Å². The molecule has 0 saturated carbocycles. The summed E-state index contributed by atoms with van der Waals surface area (Å²) in [5.41, 5.74) is 0.479. The van der Waals surface area contributed by atoms with Gasteiger partial charge >= 0.3 is 0 Å².